The van der Waals surface area contributed by atoms with Gasteiger partial charge in [-0.3, -0.25) is 15.4 Å². The highest BCUT2D eigenvalue weighted by Crippen LogP contribution is 2.24. The molecule has 0 aliphatic carbocycles. The van der Waals surface area contributed by atoms with Crippen LogP contribution in [0.5, 0.6) is 11.5 Å². The van der Waals surface area contributed by atoms with E-state index in [2.05, 4.69) is 5.32 Å². The lowest BCUT2D eigenvalue weighted by atomic mass is 10.1. The fraction of sp³-hybridized carbons (Fsp3) is 0.222. The van der Waals surface area contributed by atoms with Gasteiger partial charge < -0.3 is 21.5 Å². The van der Waals surface area contributed by atoms with Crippen LogP contribution in [0.1, 0.15) is 12.8 Å². The molecule has 10 nitrogen and oxygen atoms in total. The minimum Gasteiger partial charge on any atom is -0.457 e. The van der Waals surface area contributed by atoms with Gasteiger partial charge in [0.2, 0.25) is 5.91 Å². The van der Waals surface area contributed by atoms with E-state index in [1.807, 2.05) is 6.07 Å². The molecule has 2 aromatic rings. The minimum absolute atomic E-state index is 0.0316. The molecule has 0 bridgehead atoms. The van der Waals surface area contributed by atoms with Crippen molar-refractivity contribution in [2.24, 2.45) is 11.5 Å². The number of nitrogens with two attached hydrogens (primary N) is 2. The Labute approximate surface area is 168 Å². The second kappa shape index (κ2) is 9.87. The van der Waals surface area contributed by atoms with Crippen molar-refractivity contribution in [2.75, 3.05) is 6.54 Å². The van der Waals surface area contributed by atoms with Gasteiger partial charge in [0.25, 0.3) is 10.0 Å². The molecule has 0 unspecified atom stereocenters. The molecule has 156 valence electrons. The maximum Gasteiger partial charge on any atom is 0.265 e. The summed E-state index contributed by atoms with van der Waals surface area (Å²) in [6, 6.07) is 12.8. The van der Waals surface area contributed by atoms with Gasteiger partial charge in [0.05, 0.1) is 4.90 Å². The van der Waals surface area contributed by atoms with Gasteiger partial charge in [-0.2, -0.15) is 0 Å². The van der Waals surface area contributed by atoms with Crippen LogP contribution in [-0.2, 0) is 14.8 Å². The molecular weight excluding hydrogens is 398 g/mol. The van der Waals surface area contributed by atoms with Crippen LogP contribution in [0, 0.1) is 5.41 Å². The van der Waals surface area contributed by atoms with Crippen LogP contribution in [0.3, 0.4) is 0 Å². The quantitative estimate of drug-likeness (QED) is 0.165. The van der Waals surface area contributed by atoms with Gasteiger partial charge in [0, 0.05) is 6.54 Å². The number of carbonyl (C=O) groups is 1. The first-order valence-corrected chi connectivity index (χ1v) is 10.1. The molecule has 1 amide bonds. The monoisotopic (exact) mass is 421 g/mol. The third-order valence-corrected chi connectivity index (χ3v) is 5.53. The summed E-state index contributed by atoms with van der Waals surface area (Å²) in [5.41, 5.74) is 10.4. The Morgan fingerprint density at radius 3 is 2.24 bits per heavy atom. The van der Waals surface area contributed by atoms with Crippen LogP contribution >= 0.6 is 0 Å². The largest absolute Gasteiger partial charge is 0.457 e. The van der Waals surface area contributed by atoms with Crippen LogP contribution in [0.15, 0.2) is 59.5 Å². The minimum atomic E-state index is -4.38. The summed E-state index contributed by atoms with van der Waals surface area (Å²) < 4.78 is 30.9. The molecule has 0 spiro atoms. The lowest BCUT2D eigenvalue weighted by Gasteiger charge is -2.23. The van der Waals surface area contributed by atoms with E-state index in [0.717, 1.165) is 0 Å². The Balaban J connectivity index is 2.10. The zero-order chi connectivity index (χ0) is 21.4. The van der Waals surface area contributed by atoms with E-state index in [-0.39, 0.29) is 34.7 Å². The third kappa shape index (κ3) is 6.17. The molecule has 0 aliphatic rings. The van der Waals surface area contributed by atoms with Gasteiger partial charge in [0.1, 0.15) is 17.5 Å². The van der Waals surface area contributed by atoms with Crippen molar-refractivity contribution in [3.63, 3.8) is 0 Å². The first-order chi connectivity index (χ1) is 13.7. The average molecular weight is 421 g/mol. The standard InChI is InChI=1S/C18H23N5O5S/c19-17(24)16(7-4-12-22-18(20)21)23(25)29(26,27)15-10-8-14(9-11-15)28-13-5-2-1-3-6-13/h1-3,5-6,8-11,16,25H,4,7,12H2,(H2,19,24)(H4,20,21,22)/t16-/m1/s1. The van der Waals surface area contributed by atoms with E-state index < -0.39 is 22.0 Å². The van der Waals surface area contributed by atoms with Crippen molar-refractivity contribution in [3.05, 3.63) is 54.6 Å². The topological polar surface area (TPSA) is 172 Å². The van der Waals surface area contributed by atoms with Crippen molar-refractivity contribution < 1.29 is 23.2 Å². The first-order valence-electron chi connectivity index (χ1n) is 8.65. The Morgan fingerprint density at radius 2 is 1.69 bits per heavy atom. The summed E-state index contributed by atoms with van der Waals surface area (Å²) in [6.45, 7) is 0.221. The van der Waals surface area contributed by atoms with E-state index >= 15 is 0 Å². The highest BCUT2D eigenvalue weighted by atomic mass is 32.2. The molecule has 2 aromatic carbocycles. The van der Waals surface area contributed by atoms with E-state index in [9.17, 15) is 18.4 Å². The smallest absolute Gasteiger partial charge is 0.265 e. The molecule has 0 radical (unpaired) electrons. The Hall–Kier alpha value is -3.15. The number of benzene rings is 2. The number of rotatable bonds is 10. The Kier molecular flexibility index (Phi) is 7.53. The van der Waals surface area contributed by atoms with Gasteiger partial charge in [-0.15, -0.1) is 0 Å². The normalized spacial score (nSPS) is 12.3. The van der Waals surface area contributed by atoms with E-state index in [1.54, 1.807) is 24.3 Å². The number of amides is 1. The second-order valence-electron chi connectivity index (χ2n) is 6.06. The van der Waals surface area contributed by atoms with Gasteiger partial charge in [-0.25, -0.2) is 8.42 Å². The number of ether oxygens (including phenoxy) is 1. The number of primary amides is 1. The molecule has 0 saturated heterocycles. The molecule has 2 rings (SSSR count). The van der Waals surface area contributed by atoms with Crippen molar-refractivity contribution >= 4 is 21.9 Å². The summed E-state index contributed by atoms with van der Waals surface area (Å²) in [5.74, 6) is -0.268. The molecule has 7 N–H and O–H groups in total. The average Bonchev–Trinajstić information content (AvgIpc) is 2.68. The second-order valence-corrected chi connectivity index (χ2v) is 7.86. The van der Waals surface area contributed by atoms with Crippen LogP contribution in [0.2, 0.25) is 0 Å². The summed E-state index contributed by atoms with van der Waals surface area (Å²) >= 11 is 0. The fourth-order valence-electron chi connectivity index (χ4n) is 2.46. The summed E-state index contributed by atoms with van der Waals surface area (Å²) in [7, 11) is -4.38. The van der Waals surface area contributed by atoms with Crippen molar-refractivity contribution in [3.8, 4) is 11.5 Å². The molecular formula is C18H23N5O5S. The molecule has 0 heterocycles. The van der Waals surface area contributed by atoms with Crippen LogP contribution < -0.4 is 21.5 Å². The van der Waals surface area contributed by atoms with Crippen LogP contribution in [0.4, 0.5) is 0 Å². The van der Waals surface area contributed by atoms with Crippen molar-refractivity contribution in [1.29, 1.82) is 5.41 Å². The number of para-hydroxylation sites is 1. The molecule has 0 saturated carbocycles. The molecule has 1 atom stereocenters. The SMILES string of the molecule is N=C(N)NCCC[C@H](C(N)=O)N(O)S(=O)(=O)c1ccc(Oc2ccccc2)cc1. The van der Waals surface area contributed by atoms with Crippen LogP contribution in [-0.4, -0.2) is 42.5 Å². The van der Waals surface area contributed by atoms with Gasteiger partial charge >= 0.3 is 0 Å². The fourth-order valence-corrected chi connectivity index (χ4v) is 3.70. The van der Waals surface area contributed by atoms with Gasteiger partial charge in [-0.1, -0.05) is 22.7 Å². The number of hydrogen-bond donors (Lipinski definition) is 5. The highest BCUT2D eigenvalue weighted by Gasteiger charge is 2.33. The molecule has 11 heteroatoms. The number of sulfonamides is 1. The predicted octanol–water partition coefficient (Wildman–Crippen LogP) is 0.976. The van der Waals surface area contributed by atoms with Crippen molar-refractivity contribution in [2.45, 2.75) is 23.8 Å². The van der Waals surface area contributed by atoms with E-state index in [4.69, 9.17) is 21.6 Å². The molecule has 29 heavy (non-hydrogen) atoms. The number of hydroxylamine groups is 1. The lowest BCUT2D eigenvalue weighted by molar-refractivity contribution is -0.131. The maximum absolute atomic E-state index is 12.6. The van der Waals surface area contributed by atoms with Gasteiger partial charge in [0.15, 0.2) is 5.96 Å². The number of nitrogens with zero attached hydrogens (tertiary/aromatic N) is 1. The number of guanidine groups is 1. The number of hydrogen-bond acceptors (Lipinski definition) is 6. The van der Waals surface area contributed by atoms with Crippen molar-refractivity contribution in [1.82, 2.24) is 9.79 Å². The number of carbonyl (C=O) groups excluding carboxylic acids is 1. The van der Waals surface area contributed by atoms with E-state index in [0.29, 0.717) is 11.5 Å². The lowest BCUT2D eigenvalue weighted by Crippen LogP contribution is -2.46. The van der Waals surface area contributed by atoms with Crippen LogP contribution in [0.25, 0.3) is 0 Å². The Bertz CT molecular complexity index is 935. The summed E-state index contributed by atoms with van der Waals surface area (Å²) in [6.07, 6.45) is 0.199. The van der Waals surface area contributed by atoms with Gasteiger partial charge in [-0.05, 0) is 49.2 Å². The zero-order valence-corrected chi connectivity index (χ0v) is 16.3. The summed E-state index contributed by atoms with van der Waals surface area (Å²) in [4.78, 5) is 11.4. The summed E-state index contributed by atoms with van der Waals surface area (Å²) in [5, 5.41) is 19.8. The number of nitrogens with one attached hydrogen (secondary N) is 2. The molecule has 0 aliphatic heterocycles. The third-order valence-electron chi connectivity index (χ3n) is 3.91. The predicted molar refractivity (Wildman–Crippen MR) is 106 cm³/mol. The highest BCUT2D eigenvalue weighted by molar-refractivity contribution is 7.89. The Morgan fingerprint density at radius 1 is 1.10 bits per heavy atom. The zero-order valence-electron chi connectivity index (χ0n) is 15.5. The molecule has 0 fully saturated rings. The van der Waals surface area contributed by atoms with E-state index in [1.165, 1.54) is 24.3 Å². The maximum atomic E-state index is 12.6. The molecule has 0 aromatic heterocycles. The first kappa shape index (κ1) is 22.1.